The summed E-state index contributed by atoms with van der Waals surface area (Å²) in [6.07, 6.45) is 3.75. The Morgan fingerprint density at radius 2 is 1.80 bits per heavy atom. The van der Waals surface area contributed by atoms with Crippen LogP contribution in [-0.4, -0.2) is 61.8 Å². The van der Waals surface area contributed by atoms with E-state index in [1.54, 1.807) is 6.08 Å². The number of hydrogen-bond donors (Lipinski definition) is 1. The Morgan fingerprint density at radius 3 is 2.40 bits per heavy atom. The van der Waals surface area contributed by atoms with E-state index in [1.165, 1.54) is 9.71 Å². The van der Waals surface area contributed by atoms with E-state index in [-0.39, 0.29) is 11.9 Å². The Balaban J connectivity index is 1.53. The maximum Gasteiger partial charge on any atom is 0.237 e. The van der Waals surface area contributed by atoms with Crippen LogP contribution < -0.4 is 5.32 Å². The summed E-state index contributed by atoms with van der Waals surface area (Å²) < 4.78 is 26.4. The number of benzene rings is 1. The van der Waals surface area contributed by atoms with E-state index in [9.17, 15) is 13.2 Å². The van der Waals surface area contributed by atoms with Crippen molar-refractivity contribution in [3.05, 3.63) is 41.3 Å². The second-order valence-electron chi connectivity index (χ2n) is 6.65. The Morgan fingerprint density at radius 1 is 1.16 bits per heavy atom. The fraction of sp³-hybridized carbons (Fsp3) is 0.500. The van der Waals surface area contributed by atoms with Crippen molar-refractivity contribution in [3.8, 4) is 0 Å². The van der Waals surface area contributed by atoms with Crippen LogP contribution in [0, 0.1) is 0 Å². The van der Waals surface area contributed by atoms with Gasteiger partial charge in [-0.1, -0.05) is 30.3 Å². The number of sulfonamides is 1. The molecule has 0 unspecified atom stereocenters. The number of nitrogens with zero attached hydrogens (tertiary/aromatic N) is 2. The molecule has 6 nitrogen and oxygen atoms in total. The first kappa shape index (κ1) is 18.1. The largest absolute Gasteiger partial charge is 0.352 e. The molecule has 1 amide bonds. The zero-order valence-corrected chi connectivity index (χ0v) is 15.3. The van der Waals surface area contributed by atoms with Crippen molar-refractivity contribution in [2.75, 3.05) is 26.2 Å². The third-order valence-corrected chi connectivity index (χ3v) is 6.28. The van der Waals surface area contributed by atoms with E-state index in [0.717, 1.165) is 18.4 Å². The van der Waals surface area contributed by atoms with Crippen molar-refractivity contribution in [2.24, 2.45) is 0 Å². The molecule has 1 saturated carbocycles. The van der Waals surface area contributed by atoms with E-state index < -0.39 is 10.0 Å². The predicted molar refractivity (Wildman–Crippen MR) is 98.2 cm³/mol. The van der Waals surface area contributed by atoms with Gasteiger partial charge in [0.05, 0.1) is 6.04 Å². The van der Waals surface area contributed by atoms with Gasteiger partial charge in [0.25, 0.3) is 0 Å². The number of amides is 1. The zero-order chi connectivity index (χ0) is 17.9. The highest BCUT2D eigenvalue weighted by Gasteiger charge is 2.32. The van der Waals surface area contributed by atoms with E-state index >= 15 is 0 Å². The van der Waals surface area contributed by atoms with Gasteiger partial charge >= 0.3 is 0 Å². The molecule has 1 aliphatic carbocycles. The fourth-order valence-corrected chi connectivity index (χ4v) is 4.05. The van der Waals surface area contributed by atoms with Gasteiger partial charge in [-0.15, -0.1) is 0 Å². The predicted octanol–water partition coefficient (Wildman–Crippen LogP) is 1.27. The first-order chi connectivity index (χ1) is 12.0. The molecular formula is C18H25N3O3S. The van der Waals surface area contributed by atoms with E-state index in [4.69, 9.17) is 0 Å². The van der Waals surface area contributed by atoms with Crippen molar-refractivity contribution < 1.29 is 13.2 Å². The molecular weight excluding hydrogens is 338 g/mol. The molecule has 2 aliphatic rings. The highest BCUT2D eigenvalue weighted by Crippen LogP contribution is 2.19. The zero-order valence-electron chi connectivity index (χ0n) is 14.5. The lowest BCUT2D eigenvalue weighted by atomic mass is 10.2. The summed E-state index contributed by atoms with van der Waals surface area (Å²) in [6, 6.07) is 9.50. The van der Waals surface area contributed by atoms with Crippen LogP contribution in [-0.2, 0) is 14.8 Å². The number of rotatable bonds is 6. The molecule has 1 saturated heterocycles. The van der Waals surface area contributed by atoms with Crippen molar-refractivity contribution in [1.82, 2.24) is 14.5 Å². The molecule has 1 atom stereocenters. The maximum atomic E-state index is 12.5. The van der Waals surface area contributed by atoms with E-state index in [0.29, 0.717) is 32.2 Å². The standard InChI is InChI=1S/C18H25N3O3S/c1-15(18(22)19-17-7-8-17)20-10-12-21(13-11-20)25(23,24)14-9-16-5-3-2-4-6-16/h2-6,9,14-15,17H,7-8,10-13H2,1H3,(H,19,22)/b14-9+/t15-/m0/s1. The fourth-order valence-electron chi connectivity index (χ4n) is 2.88. The molecule has 0 spiro atoms. The van der Waals surface area contributed by atoms with Crippen LogP contribution in [0.3, 0.4) is 0 Å². The number of carbonyl (C=O) groups is 1. The van der Waals surface area contributed by atoms with Crippen molar-refractivity contribution >= 4 is 22.0 Å². The van der Waals surface area contributed by atoms with Crippen molar-refractivity contribution in [3.63, 3.8) is 0 Å². The SMILES string of the molecule is C[C@@H](C(=O)NC1CC1)N1CCN(S(=O)(=O)/C=C/c2ccccc2)CC1. The van der Waals surface area contributed by atoms with Crippen LogP contribution in [0.2, 0.25) is 0 Å². The lowest BCUT2D eigenvalue weighted by Crippen LogP contribution is -2.54. The van der Waals surface area contributed by atoms with Crippen LogP contribution >= 0.6 is 0 Å². The molecule has 1 aromatic rings. The summed E-state index contributed by atoms with van der Waals surface area (Å²) in [5.41, 5.74) is 0.857. The number of nitrogens with one attached hydrogen (secondary N) is 1. The van der Waals surface area contributed by atoms with E-state index in [2.05, 4.69) is 5.32 Å². The van der Waals surface area contributed by atoms with Crippen LogP contribution in [0.4, 0.5) is 0 Å². The summed E-state index contributed by atoms with van der Waals surface area (Å²) in [6.45, 7) is 3.83. The van der Waals surface area contributed by atoms with Crippen molar-refractivity contribution in [1.29, 1.82) is 0 Å². The molecule has 25 heavy (non-hydrogen) atoms. The second kappa shape index (κ2) is 7.68. The van der Waals surface area contributed by atoms with E-state index in [1.807, 2.05) is 42.2 Å². The number of carbonyl (C=O) groups excluding carboxylic acids is 1. The molecule has 0 radical (unpaired) electrons. The molecule has 136 valence electrons. The molecule has 3 rings (SSSR count). The van der Waals surface area contributed by atoms with Gasteiger partial charge in [0.1, 0.15) is 0 Å². The Hall–Kier alpha value is -1.70. The third kappa shape index (κ3) is 4.90. The normalized spacial score (nSPS) is 21.3. The Bertz CT molecular complexity index is 721. The summed E-state index contributed by atoms with van der Waals surface area (Å²) >= 11 is 0. The first-order valence-corrected chi connectivity index (χ1v) is 10.2. The van der Waals surface area contributed by atoms with Crippen LogP contribution in [0.5, 0.6) is 0 Å². The molecule has 2 fully saturated rings. The van der Waals surface area contributed by atoms with Gasteiger partial charge in [-0.2, -0.15) is 4.31 Å². The molecule has 1 aromatic carbocycles. The van der Waals surface area contributed by atoms with Gasteiger partial charge in [0.15, 0.2) is 0 Å². The monoisotopic (exact) mass is 363 g/mol. The van der Waals surface area contributed by atoms with Crippen LogP contribution in [0.1, 0.15) is 25.3 Å². The van der Waals surface area contributed by atoms with Crippen molar-refractivity contribution in [2.45, 2.75) is 31.8 Å². The summed E-state index contributed by atoms with van der Waals surface area (Å²) in [4.78, 5) is 14.2. The minimum absolute atomic E-state index is 0.0442. The minimum Gasteiger partial charge on any atom is -0.352 e. The minimum atomic E-state index is -3.43. The van der Waals surface area contributed by atoms with Crippen LogP contribution in [0.25, 0.3) is 6.08 Å². The molecule has 1 heterocycles. The second-order valence-corrected chi connectivity index (χ2v) is 8.47. The Labute approximate surface area is 149 Å². The molecule has 0 bridgehead atoms. The highest BCUT2D eigenvalue weighted by atomic mass is 32.2. The summed E-state index contributed by atoms with van der Waals surface area (Å²) in [5, 5.41) is 4.27. The third-order valence-electron chi connectivity index (χ3n) is 4.72. The smallest absolute Gasteiger partial charge is 0.237 e. The van der Waals surface area contributed by atoms with Gasteiger partial charge in [0, 0.05) is 37.6 Å². The van der Waals surface area contributed by atoms with Gasteiger partial charge < -0.3 is 5.32 Å². The quantitative estimate of drug-likeness (QED) is 0.826. The average Bonchev–Trinajstić information content (AvgIpc) is 3.44. The Kier molecular flexibility index (Phi) is 5.56. The summed E-state index contributed by atoms with van der Waals surface area (Å²) in [5.74, 6) is 0.0442. The van der Waals surface area contributed by atoms with Crippen LogP contribution in [0.15, 0.2) is 35.7 Å². The van der Waals surface area contributed by atoms with Gasteiger partial charge in [-0.25, -0.2) is 8.42 Å². The lowest BCUT2D eigenvalue weighted by molar-refractivity contribution is -0.126. The molecule has 1 aliphatic heterocycles. The number of hydrogen-bond acceptors (Lipinski definition) is 4. The summed E-state index contributed by atoms with van der Waals surface area (Å²) in [7, 11) is -3.43. The highest BCUT2D eigenvalue weighted by molar-refractivity contribution is 7.92. The first-order valence-electron chi connectivity index (χ1n) is 8.73. The average molecular weight is 363 g/mol. The van der Waals surface area contributed by atoms with Gasteiger partial charge in [-0.3, -0.25) is 9.69 Å². The van der Waals surface area contributed by atoms with Gasteiger partial charge in [0.2, 0.25) is 15.9 Å². The maximum absolute atomic E-state index is 12.5. The lowest BCUT2D eigenvalue weighted by Gasteiger charge is -2.36. The molecule has 0 aromatic heterocycles. The number of piperazine rings is 1. The molecule has 1 N–H and O–H groups in total. The molecule has 7 heteroatoms. The van der Waals surface area contributed by atoms with Gasteiger partial charge in [-0.05, 0) is 31.4 Å². The topological polar surface area (TPSA) is 69.7 Å².